The number of carbonyl (C=O) groups is 1. The minimum Gasteiger partial charge on any atom is -0.481 e. The van der Waals surface area contributed by atoms with Crippen LogP contribution in [-0.4, -0.2) is 45.7 Å². The maximum absolute atomic E-state index is 11.9. The highest BCUT2D eigenvalue weighted by molar-refractivity contribution is 7.22. The predicted molar refractivity (Wildman–Crippen MR) is 158 cm³/mol. The quantitative estimate of drug-likeness (QED) is 0.323. The lowest BCUT2D eigenvalue weighted by atomic mass is 9.82. The van der Waals surface area contributed by atoms with Crippen molar-refractivity contribution in [3.05, 3.63) is 64.6 Å². The number of hydrogen-bond donors (Lipinski definition) is 1. The maximum Gasteiger partial charge on any atom is 0.307 e. The van der Waals surface area contributed by atoms with Crippen molar-refractivity contribution < 1.29 is 9.90 Å². The lowest BCUT2D eigenvalue weighted by Gasteiger charge is -2.40. The number of aliphatic carboxylic acids is 1. The smallest absolute Gasteiger partial charge is 0.307 e. The summed E-state index contributed by atoms with van der Waals surface area (Å²) in [6, 6.07) is 10.8. The van der Waals surface area contributed by atoms with Crippen LogP contribution in [0.5, 0.6) is 0 Å². The van der Waals surface area contributed by atoms with Gasteiger partial charge in [-0.1, -0.05) is 43.4 Å². The number of rotatable bonds is 5. The van der Waals surface area contributed by atoms with Gasteiger partial charge in [0, 0.05) is 54.9 Å². The molecule has 39 heavy (non-hydrogen) atoms. The second-order valence-electron chi connectivity index (χ2n) is 11.7. The highest BCUT2D eigenvalue weighted by Crippen LogP contribution is 2.42. The number of benzene rings is 1. The summed E-state index contributed by atoms with van der Waals surface area (Å²) in [4.78, 5) is 30.7. The van der Waals surface area contributed by atoms with Crippen LogP contribution in [0.15, 0.2) is 36.5 Å². The van der Waals surface area contributed by atoms with Gasteiger partial charge >= 0.3 is 5.97 Å². The molecule has 1 N–H and O–H groups in total. The third kappa shape index (κ3) is 4.98. The summed E-state index contributed by atoms with van der Waals surface area (Å²) in [5.74, 6) is -0.816. The molecule has 1 fully saturated rings. The Morgan fingerprint density at radius 2 is 1.82 bits per heavy atom. The topological polar surface area (TPSA) is 82.5 Å². The summed E-state index contributed by atoms with van der Waals surface area (Å²) >= 11 is 1.70. The molecule has 8 heteroatoms. The normalized spacial score (nSPS) is 16.9. The fraction of sp³-hybridized carbons (Fsp3) is 0.419. The van der Waals surface area contributed by atoms with Crippen molar-refractivity contribution in [1.82, 2.24) is 15.0 Å². The van der Waals surface area contributed by atoms with Gasteiger partial charge in [0.2, 0.25) is 0 Å². The van der Waals surface area contributed by atoms with E-state index in [4.69, 9.17) is 9.97 Å². The molecule has 0 atom stereocenters. The Hall–Kier alpha value is -3.52. The van der Waals surface area contributed by atoms with Gasteiger partial charge in [-0.25, -0.2) is 4.98 Å². The van der Waals surface area contributed by atoms with Gasteiger partial charge < -0.3 is 14.9 Å². The molecule has 1 saturated heterocycles. The van der Waals surface area contributed by atoms with Crippen molar-refractivity contribution in [2.24, 2.45) is 5.41 Å². The van der Waals surface area contributed by atoms with E-state index in [2.05, 4.69) is 59.8 Å². The van der Waals surface area contributed by atoms with Gasteiger partial charge in [0.15, 0.2) is 10.8 Å². The first-order valence-electron chi connectivity index (χ1n) is 13.7. The number of fused-ring (bicyclic) bond motifs is 2. The number of thiazole rings is 1. The third-order valence-electron chi connectivity index (χ3n) is 8.35. The maximum atomic E-state index is 11.9. The van der Waals surface area contributed by atoms with Gasteiger partial charge in [-0.05, 0) is 67.3 Å². The number of hydrogen-bond acceptors (Lipinski definition) is 7. The minimum atomic E-state index is -0.816. The summed E-state index contributed by atoms with van der Waals surface area (Å²) in [6.07, 6.45) is 4.88. The van der Waals surface area contributed by atoms with Crippen LogP contribution >= 0.6 is 11.3 Å². The van der Waals surface area contributed by atoms with Gasteiger partial charge in [0.05, 0.1) is 16.8 Å². The van der Waals surface area contributed by atoms with Crippen LogP contribution in [0, 0.1) is 19.3 Å². The molecular formula is C31H35N5O2S. The lowest BCUT2D eigenvalue weighted by molar-refractivity contribution is -0.136. The average molecular weight is 542 g/mol. The van der Waals surface area contributed by atoms with Crippen molar-refractivity contribution in [2.75, 3.05) is 29.4 Å². The Kier molecular flexibility index (Phi) is 6.53. The van der Waals surface area contributed by atoms with Crippen molar-refractivity contribution >= 4 is 38.5 Å². The van der Waals surface area contributed by atoms with Gasteiger partial charge in [0.25, 0.3) is 0 Å². The van der Waals surface area contributed by atoms with Crippen LogP contribution in [0.1, 0.15) is 54.8 Å². The first-order valence-corrected chi connectivity index (χ1v) is 14.6. The first-order chi connectivity index (χ1) is 18.7. The predicted octanol–water partition coefficient (Wildman–Crippen LogP) is 6.19. The van der Waals surface area contributed by atoms with Crippen LogP contribution < -0.4 is 9.80 Å². The van der Waals surface area contributed by atoms with E-state index in [9.17, 15) is 9.90 Å². The first kappa shape index (κ1) is 25.7. The molecule has 7 nitrogen and oxygen atoms in total. The van der Waals surface area contributed by atoms with Crippen molar-refractivity contribution in [1.29, 1.82) is 0 Å². The zero-order chi connectivity index (χ0) is 27.3. The number of aromatic nitrogens is 3. The van der Waals surface area contributed by atoms with E-state index >= 15 is 0 Å². The molecule has 2 aliphatic heterocycles. The molecule has 0 amide bonds. The van der Waals surface area contributed by atoms with E-state index in [0.29, 0.717) is 5.41 Å². The Labute approximate surface area is 233 Å². The number of carboxylic acids is 1. The second-order valence-corrected chi connectivity index (χ2v) is 12.7. The van der Waals surface area contributed by atoms with Crippen molar-refractivity contribution in [2.45, 2.75) is 59.9 Å². The molecule has 0 bridgehead atoms. The Balaban J connectivity index is 1.37. The highest BCUT2D eigenvalue weighted by atomic mass is 32.1. The number of carboxylic acid groups (broad SMARTS) is 1. The fourth-order valence-corrected chi connectivity index (χ4v) is 6.98. The molecule has 0 spiro atoms. The molecule has 4 aromatic rings. The van der Waals surface area contributed by atoms with Crippen LogP contribution in [0.2, 0.25) is 0 Å². The summed E-state index contributed by atoms with van der Waals surface area (Å²) < 4.78 is 1.11. The number of pyridine rings is 2. The summed E-state index contributed by atoms with van der Waals surface area (Å²) in [6.45, 7) is 12.2. The SMILES string of the molecule is Cc1nc(C)c(-c2ccc3c(c2)CCN(c2nc4ncccc4s2)C3)c(N2CCC(C)(C)CC2)c1CC(=O)O. The van der Waals surface area contributed by atoms with Crippen LogP contribution in [-0.2, 0) is 24.2 Å². The second kappa shape index (κ2) is 9.90. The molecule has 0 unspecified atom stereocenters. The molecule has 6 rings (SSSR count). The van der Waals surface area contributed by atoms with E-state index in [1.165, 1.54) is 11.1 Å². The summed E-state index contributed by atoms with van der Waals surface area (Å²) in [5, 5.41) is 10.8. The van der Waals surface area contributed by atoms with Crippen LogP contribution in [0.25, 0.3) is 21.5 Å². The molecule has 5 heterocycles. The molecule has 202 valence electrons. The summed E-state index contributed by atoms with van der Waals surface area (Å²) in [5.41, 5.74) is 9.66. The van der Waals surface area contributed by atoms with Crippen LogP contribution in [0.4, 0.5) is 10.8 Å². The molecule has 0 aliphatic carbocycles. The molecule has 0 saturated carbocycles. The molecule has 0 radical (unpaired) electrons. The van der Waals surface area contributed by atoms with Gasteiger partial charge in [-0.2, -0.15) is 4.98 Å². The highest BCUT2D eigenvalue weighted by Gasteiger charge is 2.30. The zero-order valence-corrected chi connectivity index (χ0v) is 23.9. The largest absolute Gasteiger partial charge is 0.481 e. The van der Waals surface area contributed by atoms with Gasteiger partial charge in [0.1, 0.15) is 0 Å². The number of aryl methyl sites for hydroxylation is 2. The Bertz CT molecular complexity index is 1530. The van der Waals surface area contributed by atoms with E-state index in [1.807, 2.05) is 13.0 Å². The van der Waals surface area contributed by atoms with Crippen molar-refractivity contribution in [3.63, 3.8) is 0 Å². The number of nitrogens with zero attached hydrogens (tertiary/aromatic N) is 5. The van der Waals surface area contributed by atoms with E-state index in [0.717, 1.165) is 94.7 Å². The van der Waals surface area contributed by atoms with E-state index < -0.39 is 5.97 Å². The Morgan fingerprint density at radius 3 is 2.56 bits per heavy atom. The van der Waals surface area contributed by atoms with Gasteiger partial charge in [-0.3, -0.25) is 9.78 Å². The van der Waals surface area contributed by atoms with E-state index in [-0.39, 0.29) is 6.42 Å². The number of piperidine rings is 1. The zero-order valence-electron chi connectivity index (χ0n) is 23.1. The minimum absolute atomic E-state index is 0.0156. The molecule has 1 aromatic carbocycles. The molecule has 2 aliphatic rings. The lowest BCUT2D eigenvalue weighted by Crippen LogP contribution is -2.38. The molecule has 3 aromatic heterocycles. The summed E-state index contributed by atoms with van der Waals surface area (Å²) in [7, 11) is 0. The average Bonchev–Trinajstić information content (AvgIpc) is 3.34. The molecular weight excluding hydrogens is 506 g/mol. The van der Waals surface area contributed by atoms with E-state index in [1.54, 1.807) is 17.5 Å². The van der Waals surface area contributed by atoms with Crippen molar-refractivity contribution in [3.8, 4) is 11.1 Å². The van der Waals surface area contributed by atoms with Gasteiger partial charge in [-0.15, -0.1) is 0 Å². The number of anilines is 2. The van der Waals surface area contributed by atoms with Crippen LogP contribution in [0.3, 0.4) is 0 Å². The standard InChI is InChI=1S/C31H35N5O2S/c1-19-24(17-26(37)38)28(35-14-10-31(3,4)11-15-35)27(20(2)33-19)22-7-8-23-18-36(13-9-21(23)16-22)30-34-29-25(39-30)6-5-12-32-29/h5-8,12,16H,9-11,13-15,17-18H2,1-4H3,(H,37,38). The fourth-order valence-electron chi connectivity index (χ4n) is 6.03. The third-order valence-corrected chi connectivity index (χ3v) is 9.42. The monoisotopic (exact) mass is 541 g/mol. The Morgan fingerprint density at radius 1 is 1.03 bits per heavy atom.